The summed E-state index contributed by atoms with van der Waals surface area (Å²) in [6.07, 6.45) is 1.18. The third-order valence-electron chi connectivity index (χ3n) is 4.92. The summed E-state index contributed by atoms with van der Waals surface area (Å²) in [7, 11) is -4.11. The molecule has 0 spiro atoms. The first-order chi connectivity index (χ1) is 16.1. The molecule has 0 aliphatic carbocycles. The summed E-state index contributed by atoms with van der Waals surface area (Å²) >= 11 is 6.21. The van der Waals surface area contributed by atoms with Crippen LogP contribution in [0, 0.1) is 13.8 Å². The van der Waals surface area contributed by atoms with Gasteiger partial charge in [-0.1, -0.05) is 53.6 Å². The predicted octanol–water partition coefficient (Wildman–Crippen LogP) is 4.00. The number of aryl methyl sites for hydroxylation is 2. The predicted molar refractivity (Wildman–Crippen MR) is 131 cm³/mol. The normalized spacial score (nSPS) is 11.4. The highest BCUT2D eigenvalue weighted by molar-refractivity contribution is 7.92. The highest BCUT2D eigenvalue weighted by atomic mass is 35.5. The number of hydrogen-bond donors (Lipinski definition) is 2. The second-order valence-corrected chi connectivity index (χ2v) is 9.71. The number of nitrogens with one attached hydrogen (secondary N) is 1. The maximum Gasteiger partial charge on any atom is 0.336 e. The first-order valence-corrected chi connectivity index (χ1v) is 11.9. The molecule has 0 unspecified atom stereocenters. The lowest BCUT2D eigenvalue weighted by molar-refractivity contribution is -0.119. The number of halogens is 1. The Hall–Kier alpha value is -3.69. The van der Waals surface area contributed by atoms with Gasteiger partial charge in [-0.2, -0.15) is 5.10 Å². The molecule has 8 nitrogen and oxygen atoms in total. The zero-order valence-corrected chi connectivity index (χ0v) is 20.0. The van der Waals surface area contributed by atoms with Crippen LogP contribution in [0.3, 0.4) is 0 Å². The van der Waals surface area contributed by atoms with Crippen molar-refractivity contribution >= 4 is 45.4 Å². The molecule has 0 radical (unpaired) electrons. The molecule has 0 bridgehead atoms. The molecule has 0 heterocycles. The fraction of sp³-hybridized carbons (Fsp3) is 0.125. The molecule has 3 rings (SSSR count). The summed E-state index contributed by atoms with van der Waals surface area (Å²) in [6.45, 7) is 3.04. The monoisotopic (exact) mass is 499 g/mol. The van der Waals surface area contributed by atoms with Crippen LogP contribution in [-0.4, -0.2) is 38.2 Å². The van der Waals surface area contributed by atoms with Gasteiger partial charge in [0.15, 0.2) is 0 Å². The highest BCUT2D eigenvalue weighted by Crippen LogP contribution is 2.28. The number of carboxylic acid groups (broad SMARTS) is 1. The Bertz CT molecular complexity index is 1360. The van der Waals surface area contributed by atoms with Crippen LogP contribution in [0.2, 0.25) is 5.02 Å². The average molecular weight is 500 g/mol. The number of anilines is 1. The summed E-state index contributed by atoms with van der Waals surface area (Å²) < 4.78 is 27.7. The molecule has 176 valence electrons. The van der Waals surface area contributed by atoms with Crippen LogP contribution in [0.25, 0.3) is 0 Å². The van der Waals surface area contributed by atoms with Crippen molar-refractivity contribution in [2.75, 3.05) is 10.8 Å². The SMILES string of the molecule is Cc1ccc(S(=O)(=O)N(CC(=O)N/N=C\c2ccccc2C(=O)O)c2ccc(C)c(Cl)c2)cc1. The largest absolute Gasteiger partial charge is 0.478 e. The fourth-order valence-electron chi connectivity index (χ4n) is 3.03. The van der Waals surface area contributed by atoms with Crippen molar-refractivity contribution in [3.63, 3.8) is 0 Å². The van der Waals surface area contributed by atoms with E-state index in [0.717, 1.165) is 15.4 Å². The van der Waals surface area contributed by atoms with Crippen LogP contribution >= 0.6 is 11.6 Å². The van der Waals surface area contributed by atoms with E-state index in [1.54, 1.807) is 43.3 Å². The van der Waals surface area contributed by atoms with Gasteiger partial charge in [0.2, 0.25) is 0 Å². The Morgan fingerprint density at radius 3 is 2.38 bits per heavy atom. The second kappa shape index (κ2) is 10.5. The number of benzene rings is 3. The van der Waals surface area contributed by atoms with Gasteiger partial charge in [0.05, 0.1) is 22.4 Å². The van der Waals surface area contributed by atoms with Crippen molar-refractivity contribution in [2.45, 2.75) is 18.7 Å². The highest BCUT2D eigenvalue weighted by Gasteiger charge is 2.27. The summed E-state index contributed by atoms with van der Waals surface area (Å²) in [5.74, 6) is -1.86. The van der Waals surface area contributed by atoms with Crippen molar-refractivity contribution in [1.82, 2.24) is 5.43 Å². The van der Waals surface area contributed by atoms with E-state index in [2.05, 4.69) is 10.5 Å². The zero-order valence-electron chi connectivity index (χ0n) is 18.4. The van der Waals surface area contributed by atoms with Gasteiger partial charge in [-0.05, 0) is 49.7 Å². The lowest BCUT2D eigenvalue weighted by Gasteiger charge is -2.24. The van der Waals surface area contributed by atoms with Crippen LogP contribution in [-0.2, 0) is 14.8 Å². The summed E-state index contributed by atoms with van der Waals surface area (Å²) in [4.78, 5) is 24.0. The number of rotatable bonds is 8. The van der Waals surface area contributed by atoms with Gasteiger partial charge < -0.3 is 5.11 Å². The van der Waals surface area contributed by atoms with Crippen LogP contribution < -0.4 is 9.73 Å². The summed E-state index contributed by atoms with van der Waals surface area (Å²) in [5, 5.41) is 13.4. The Labute approximate surface area is 202 Å². The maximum atomic E-state index is 13.4. The molecule has 2 N–H and O–H groups in total. The van der Waals surface area contributed by atoms with Gasteiger partial charge in [0.1, 0.15) is 6.54 Å². The van der Waals surface area contributed by atoms with Crippen molar-refractivity contribution in [3.8, 4) is 0 Å². The smallest absolute Gasteiger partial charge is 0.336 e. The van der Waals surface area contributed by atoms with Crippen molar-refractivity contribution in [3.05, 3.63) is 94.0 Å². The molecule has 0 aliphatic rings. The molecular weight excluding hydrogens is 478 g/mol. The minimum absolute atomic E-state index is 0.0124. The minimum Gasteiger partial charge on any atom is -0.478 e. The lowest BCUT2D eigenvalue weighted by atomic mass is 10.1. The molecule has 3 aromatic rings. The number of aromatic carboxylic acids is 1. The van der Waals surface area contributed by atoms with E-state index in [1.165, 1.54) is 36.5 Å². The van der Waals surface area contributed by atoms with Crippen molar-refractivity contribution in [1.29, 1.82) is 0 Å². The first kappa shape index (κ1) is 24.9. The number of nitrogens with zero attached hydrogens (tertiary/aromatic N) is 2. The topological polar surface area (TPSA) is 116 Å². The Morgan fingerprint density at radius 1 is 1.06 bits per heavy atom. The number of amides is 1. The molecule has 0 aliphatic heterocycles. The van der Waals surface area contributed by atoms with E-state index in [0.29, 0.717) is 5.02 Å². The van der Waals surface area contributed by atoms with E-state index in [9.17, 15) is 23.1 Å². The average Bonchev–Trinajstić information content (AvgIpc) is 2.80. The van der Waals surface area contributed by atoms with Gasteiger partial charge in [0.25, 0.3) is 15.9 Å². The molecule has 10 heteroatoms. The number of carbonyl (C=O) groups excluding carboxylic acids is 1. The fourth-order valence-corrected chi connectivity index (χ4v) is 4.62. The van der Waals surface area contributed by atoms with E-state index in [1.807, 2.05) is 6.92 Å². The quantitative estimate of drug-likeness (QED) is 0.359. The molecule has 0 fully saturated rings. The Balaban J connectivity index is 1.88. The molecule has 0 atom stereocenters. The van der Waals surface area contributed by atoms with Gasteiger partial charge in [-0.25, -0.2) is 18.6 Å². The van der Waals surface area contributed by atoms with Crippen molar-refractivity contribution in [2.24, 2.45) is 5.10 Å². The van der Waals surface area contributed by atoms with E-state index >= 15 is 0 Å². The van der Waals surface area contributed by atoms with Crippen LogP contribution in [0.15, 0.2) is 76.7 Å². The minimum atomic E-state index is -4.11. The molecule has 0 aromatic heterocycles. The lowest BCUT2D eigenvalue weighted by Crippen LogP contribution is -2.39. The van der Waals surface area contributed by atoms with E-state index < -0.39 is 28.4 Å². The molecule has 0 saturated heterocycles. The molecule has 1 amide bonds. The molecular formula is C24H22ClN3O5S. The van der Waals surface area contributed by atoms with Crippen LogP contribution in [0.4, 0.5) is 5.69 Å². The number of carboxylic acids is 1. The Morgan fingerprint density at radius 2 is 1.74 bits per heavy atom. The standard InChI is InChI=1S/C24H22ClN3O5S/c1-16-7-11-20(12-8-16)34(32,33)28(19-10-9-17(2)22(25)13-19)15-23(29)27-26-14-18-5-3-4-6-21(18)24(30)31/h3-14H,15H2,1-2H3,(H,27,29)(H,30,31)/b26-14-. The number of carbonyl (C=O) groups is 2. The molecule has 3 aromatic carbocycles. The number of sulfonamides is 1. The summed E-state index contributed by atoms with van der Waals surface area (Å²) in [6, 6.07) is 17.1. The Kier molecular flexibility index (Phi) is 7.70. The van der Waals surface area contributed by atoms with Gasteiger partial charge >= 0.3 is 5.97 Å². The number of hydrazone groups is 1. The van der Waals surface area contributed by atoms with Crippen LogP contribution in [0.5, 0.6) is 0 Å². The third-order valence-corrected chi connectivity index (χ3v) is 7.12. The third kappa shape index (κ3) is 5.81. The van der Waals surface area contributed by atoms with E-state index in [-0.39, 0.29) is 21.7 Å². The van der Waals surface area contributed by atoms with E-state index in [4.69, 9.17) is 11.6 Å². The number of hydrogen-bond acceptors (Lipinski definition) is 5. The maximum absolute atomic E-state index is 13.4. The van der Waals surface area contributed by atoms with Gasteiger partial charge in [-0.15, -0.1) is 0 Å². The second-order valence-electron chi connectivity index (χ2n) is 7.44. The van der Waals surface area contributed by atoms with Crippen LogP contribution in [0.1, 0.15) is 27.0 Å². The zero-order chi connectivity index (χ0) is 24.9. The molecule has 34 heavy (non-hydrogen) atoms. The first-order valence-electron chi connectivity index (χ1n) is 10.1. The summed E-state index contributed by atoms with van der Waals surface area (Å²) in [5.41, 5.74) is 4.40. The molecule has 0 saturated carbocycles. The van der Waals surface area contributed by atoms with Crippen molar-refractivity contribution < 1.29 is 23.1 Å². The van der Waals surface area contributed by atoms with Gasteiger partial charge in [0, 0.05) is 10.6 Å². The van der Waals surface area contributed by atoms with Gasteiger partial charge in [-0.3, -0.25) is 9.10 Å².